The summed E-state index contributed by atoms with van der Waals surface area (Å²) in [6, 6.07) is 17.9. The molecule has 0 unspecified atom stereocenters. The first kappa shape index (κ1) is 23.5. The average molecular weight is 489 g/mol. The van der Waals surface area contributed by atoms with Crippen LogP contribution in [0.1, 0.15) is 37.3 Å². The minimum absolute atomic E-state index is 0.285. The second kappa shape index (κ2) is 10.2. The van der Waals surface area contributed by atoms with Gasteiger partial charge in [-0.25, -0.2) is 4.57 Å². The summed E-state index contributed by atoms with van der Waals surface area (Å²) in [7, 11) is 2.18. The molecule has 5 rings (SSSR count). The third kappa shape index (κ3) is 4.69. The summed E-state index contributed by atoms with van der Waals surface area (Å²) < 4.78 is 2.33. The molecule has 3 aromatic rings. The van der Waals surface area contributed by atoms with E-state index in [1.807, 2.05) is 11.8 Å². The Kier molecular flexibility index (Phi) is 6.86. The zero-order chi connectivity index (χ0) is 24.4. The van der Waals surface area contributed by atoms with Crippen LogP contribution in [0.5, 0.6) is 0 Å². The summed E-state index contributed by atoms with van der Waals surface area (Å²) in [5.74, 6) is 1.52. The van der Waals surface area contributed by atoms with Crippen molar-refractivity contribution in [1.82, 2.24) is 0 Å². The molecule has 5 N–H and O–H groups in total. The fraction of sp³-hybridized carbons (Fsp3) is 0.357. The van der Waals surface area contributed by atoms with Gasteiger partial charge in [0.15, 0.2) is 0 Å². The molecule has 0 bridgehead atoms. The Hall–Kier alpha value is -3.19. The van der Waals surface area contributed by atoms with Crippen LogP contribution in [0.4, 0.5) is 11.5 Å². The number of fused-ring (bicyclic) bond motifs is 1. The topological polar surface area (TPSA) is 76.4 Å². The van der Waals surface area contributed by atoms with Gasteiger partial charge in [0, 0.05) is 29.3 Å². The van der Waals surface area contributed by atoms with E-state index < -0.39 is 0 Å². The van der Waals surface area contributed by atoms with Crippen LogP contribution in [0, 0.1) is 0 Å². The molecule has 1 aromatic heterocycles. The molecule has 2 aliphatic heterocycles. The lowest BCUT2D eigenvalue weighted by Crippen LogP contribution is -2.78. The fourth-order valence-corrected chi connectivity index (χ4v) is 6.50. The summed E-state index contributed by atoms with van der Waals surface area (Å²) in [5, 5.41) is 2.61. The zero-order valence-corrected chi connectivity index (χ0v) is 21.6. The number of nitrogens with one attached hydrogen (secondary N) is 1. The lowest BCUT2D eigenvalue weighted by molar-refractivity contribution is -0.632. The van der Waals surface area contributed by atoms with Crippen LogP contribution in [0.2, 0.25) is 0 Å². The summed E-state index contributed by atoms with van der Waals surface area (Å²) in [6.45, 7) is 6.03. The highest BCUT2D eigenvalue weighted by molar-refractivity contribution is 8.03. The number of hydrogen-bond donors (Lipinski definition) is 3. The van der Waals surface area contributed by atoms with Gasteiger partial charge in [0.1, 0.15) is 5.52 Å². The molecule has 35 heavy (non-hydrogen) atoms. The second-order valence-electron chi connectivity index (χ2n) is 9.36. The number of guanidine groups is 1. The van der Waals surface area contributed by atoms with Crippen molar-refractivity contribution in [3.63, 3.8) is 0 Å². The van der Waals surface area contributed by atoms with Crippen LogP contribution in [0.25, 0.3) is 17.0 Å². The smallest absolute Gasteiger partial charge is 0.335 e. The number of para-hydroxylation sites is 2. The van der Waals surface area contributed by atoms with Crippen molar-refractivity contribution in [2.45, 2.75) is 37.5 Å². The molecule has 0 aliphatic carbocycles. The van der Waals surface area contributed by atoms with E-state index in [1.54, 1.807) is 0 Å². The van der Waals surface area contributed by atoms with Gasteiger partial charge < -0.3 is 4.90 Å². The number of pyridine rings is 1. The van der Waals surface area contributed by atoms with Gasteiger partial charge in [0.25, 0.3) is 5.82 Å². The number of benzene rings is 2. The molecule has 182 valence electrons. The normalized spacial score (nSPS) is 15.5. The van der Waals surface area contributed by atoms with Crippen LogP contribution < -0.4 is 30.8 Å². The van der Waals surface area contributed by atoms with Crippen molar-refractivity contribution in [1.29, 1.82) is 0 Å². The first-order chi connectivity index (χ1) is 17.1. The number of anilines is 2. The predicted octanol–water partition coefficient (Wildman–Crippen LogP) is 2.48. The van der Waals surface area contributed by atoms with Gasteiger partial charge in [-0.15, -0.1) is 0 Å². The van der Waals surface area contributed by atoms with Crippen molar-refractivity contribution in [3.05, 3.63) is 64.7 Å². The molecule has 0 spiro atoms. The Morgan fingerprint density at radius 3 is 2.86 bits per heavy atom. The van der Waals surface area contributed by atoms with Crippen LogP contribution >= 0.6 is 11.8 Å². The van der Waals surface area contributed by atoms with Crippen LogP contribution in [-0.4, -0.2) is 32.1 Å². The van der Waals surface area contributed by atoms with E-state index >= 15 is 0 Å². The lowest BCUT2D eigenvalue weighted by Gasteiger charge is -2.27. The Morgan fingerprint density at radius 2 is 2.03 bits per heavy atom. The van der Waals surface area contributed by atoms with Gasteiger partial charge in [-0.3, -0.25) is 21.4 Å². The first-order valence-electron chi connectivity index (χ1n) is 12.6. The summed E-state index contributed by atoms with van der Waals surface area (Å²) in [4.78, 5) is 9.45. The molecule has 0 saturated carbocycles. The third-order valence-corrected chi connectivity index (χ3v) is 7.99. The maximum atomic E-state index is 5.58. The monoisotopic (exact) mass is 488 g/mol. The maximum absolute atomic E-state index is 5.58. The fourth-order valence-electron chi connectivity index (χ4n) is 5.31. The molecule has 0 amide bonds. The predicted molar refractivity (Wildman–Crippen MR) is 147 cm³/mol. The SMILES string of the molecule is CCCN(CCC[NH+]=C(N)N)c1cc(C=C2Sc3cccc4c3N2CCC4)c2ccccc2[n+]1C. The molecule has 0 saturated heterocycles. The van der Waals surface area contributed by atoms with Gasteiger partial charge in [-0.2, -0.15) is 0 Å². The summed E-state index contributed by atoms with van der Waals surface area (Å²) >= 11 is 1.91. The quantitative estimate of drug-likeness (QED) is 0.197. The van der Waals surface area contributed by atoms with Crippen molar-refractivity contribution >= 4 is 46.2 Å². The van der Waals surface area contributed by atoms with Crippen LogP contribution in [0.3, 0.4) is 0 Å². The lowest BCUT2D eigenvalue weighted by atomic mass is 10.0. The van der Waals surface area contributed by atoms with Crippen LogP contribution in [0.15, 0.2) is 58.5 Å². The van der Waals surface area contributed by atoms with Crippen molar-refractivity contribution in [2.75, 3.05) is 36.0 Å². The van der Waals surface area contributed by atoms with Crippen molar-refractivity contribution in [2.24, 2.45) is 18.5 Å². The standard InChI is InChI=1S/C28H35N6S/c1-3-15-33(16-8-14-31-28(29)30)25-18-21(22-11-4-5-12-23(22)32(25)2)19-26-34-17-7-10-20-9-6-13-24(35-26)27(20)34/h4-6,9,11-13,18-19H,3,7-8,10,14-17H2,1-2H3,(H4,29,30,31)/q+1/p+1. The summed E-state index contributed by atoms with van der Waals surface area (Å²) in [5.41, 5.74) is 16.6. The van der Waals surface area contributed by atoms with E-state index in [0.717, 1.165) is 39.0 Å². The molecule has 6 nitrogen and oxygen atoms in total. The average Bonchev–Trinajstić information content (AvgIpc) is 3.22. The van der Waals surface area contributed by atoms with Crippen molar-refractivity contribution in [3.8, 4) is 0 Å². The van der Waals surface area contributed by atoms with Gasteiger partial charge in [-0.1, -0.05) is 49.0 Å². The molecule has 0 radical (unpaired) electrons. The van der Waals surface area contributed by atoms with E-state index in [2.05, 4.69) is 87.9 Å². The van der Waals surface area contributed by atoms with E-state index in [4.69, 9.17) is 11.5 Å². The van der Waals surface area contributed by atoms with E-state index in [1.165, 1.54) is 56.3 Å². The molecule has 0 fully saturated rings. The van der Waals surface area contributed by atoms with Crippen molar-refractivity contribution < 1.29 is 9.56 Å². The molecule has 2 aliphatic rings. The first-order valence-corrected chi connectivity index (χ1v) is 13.5. The number of nitrogens with two attached hydrogens (primary N) is 2. The van der Waals surface area contributed by atoms with E-state index in [9.17, 15) is 0 Å². The highest BCUT2D eigenvalue weighted by Crippen LogP contribution is 2.50. The van der Waals surface area contributed by atoms with E-state index in [0.29, 0.717) is 0 Å². The Morgan fingerprint density at radius 1 is 1.17 bits per heavy atom. The van der Waals surface area contributed by atoms with Gasteiger partial charge in [-0.05, 0) is 48.6 Å². The number of rotatable bonds is 8. The molecular formula is C28H36N6S+2. The highest BCUT2D eigenvalue weighted by Gasteiger charge is 2.30. The number of aromatic nitrogens is 1. The van der Waals surface area contributed by atoms with Gasteiger partial charge in [0.05, 0.1) is 37.4 Å². The summed E-state index contributed by atoms with van der Waals surface area (Å²) in [6.07, 6.45) is 6.83. The van der Waals surface area contributed by atoms with E-state index in [-0.39, 0.29) is 5.96 Å². The van der Waals surface area contributed by atoms with Gasteiger partial charge >= 0.3 is 5.96 Å². The number of nitrogens with zero attached hydrogens (tertiary/aromatic N) is 3. The number of thioether (sulfide) groups is 1. The third-order valence-electron chi connectivity index (χ3n) is 6.90. The Bertz CT molecular complexity index is 1290. The molecule has 3 heterocycles. The largest absolute Gasteiger partial charge is 0.338 e. The van der Waals surface area contributed by atoms with Crippen LogP contribution in [-0.2, 0) is 13.5 Å². The van der Waals surface area contributed by atoms with Gasteiger partial charge in [0.2, 0.25) is 0 Å². The Labute approximate surface area is 212 Å². The minimum atomic E-state index is 0.285. The Balaban J connectivity index is 1.55. The maximum Gasteiger partial charge on any atom is 0.338 e. The zero-order valence-electron chi connectivity index (χ0n) is 20.8. The number of aryl methyl sites for hydroxylation is 2. The molecular weight excluding hydrogens is 452 g/mol. The molecule has 0 atom stereocenters. The number of hydrogen-bond acceptors (Lipinski definition) is 3. The molecule has 7 heteroatoms. The minimum Gasteiger partial charge on any atom is -0.335 e. The second-order valence-corrected chi connectivity index (χ2v) is 10.4. The molecule has 2 aromatic carbocycles. The highest BCUT2D eigenvalue weighted by atomic mass is 32.2.